The van der Waals surface area contributed by atoms with Crippen molar-refractivity contribution in [3.8, 4) is 56.7 Å². The zero-order valence-corrected chi connectivity index (χ0v) is 33.5. The molecule has 0 N–H and O–H groups in total. The molecule has 1 aliphatic heterocycles. The molecule has 0 aliphatic carbocycles. The Balaban J connectivity index is 1.02. The molecule has 0 saturated heterocycles. The van der Waals surface area contributed by atoms with E-state index in [1.807, 2.05) is 48.2 Å². The first-order valence-electron chi connectivity index (χ1n) is 20.5. The Kier molecular flexibility index (Phi) is 7.47. The minimum Gasteiger partial charge on any atom is -0.309 e. The summed E-state index contributed by atoms with van der Waals surface area (Å²) in [6, 6.07) is 71.4. The molecule has 9 aromatic carbocycles. The average Bonchev–Trinajstić information content (AvgIpc) is 3.85. The van der Waals surface area contributed by atoms with E-state index in [0.29, 0.717) is 17.6 Å². The van der Waals surface area contributed by atoms with Crippen molar-refractivity contribution in [1.29, 1.82) is 0 Å². The lowest BCUT2D eigenvalue weighted by atomic mass is 9.92. The minimum atomic E-state index is 0.584. The Bertz CT molecular complexity index is 3660. The second-order valence-electron chi connectivity index (χ2n) is 15.6. The first-order chi connectivity index (χ1) is 30.3. The number of rotatable bonds is 5. The molecule has 12 aromatic rings. The van der Waals surface area contributed by atoms with Crippen LogP contribution in [0.2, 0.25) is 0 Å². The lowest BCUT2D eigenvalue weighted by Crippen LogP contribution is -2.06. The SMILES string of the molecule is c1ccc(-c2nc(-c3ccccc3)nc(-n3c4ccccc4c4c(-c5ccc6c(c5)-c5cccc7c5c(cc5c7c7ccccc7n5-c5ccccc5)S6)cccc43)n2)cc1. The van der Waals surface area contributed by atoms with E-state index in [4.69, 9.17) is 15.0 Å². The lowest BCUT2D eigenvalue weighted by Gasteiger charge is -2.22. The number of aromatic nitrogens is 5. The summed E-state index contributed by atoms with van der Waals surface area (Å²) in [5.41, 5.74) is 12.4. The van der Waals surface area contributed by atoms with Gasteiger partial charge in [0.2, 0.25) is 5.95 Å². The molecule has 0 amide bonds. The molecule has 6 heteroatoms. The molecule has 0 spiro atoms. The third-order valence-electron chi connectivity index (χ3n) is 12.2. The van der Waals surface area contributed by atoms with Gasteiger partial charge < -0.3 is 4.57 Å². The van der Waals surface area contributed by atoms with Crippen LogP contribution in [0, 0.1) is 0 Å². The van der Waals surface area contributed by atoms with Crippen molar-refractivity contribution < 1.29 is 0 Å². The lowest BCUT2D eigenvalue weighted by molar-refractivity contribution is 0.953. The maximum absolute atomic E-state index is 5.17. The predicted molar refractivity (Wildman–Crippen MR) is 252 cm³/mol. The Morgan fingerprint density at radius 3 is 1.62 bits per heavy atom. The molecule has 0 saturated carbocycles. The Hall–Kier alpha value is -7.80. The van der Waals surface area contributed by atoms with Gasteiger partial charge in [-0.25, -0.2) is 4.98 Å². The summed E-state index contributed by atoms with van der Waals surface area (Å²) in [7, 11) is 0. The highest BCUT2D eigenvalue weighted by Gasteiger charge is 2.26. The van der Waals surface area contributed by atoms with Crippen LogP contribution >= 0.6 is 11.8 Å². The van der Waals surface area contributed by atoms with Gasteiger partial charge in [0.05, 0.1) is 22.1 Å². The van der Waals surface area contributed by atoms with E-state index in [2.05, 4.69) is 173 Å². The van der Waals surface area contributed by atoms with E-state index < -0.39 is 0 Å². The monoisotopic (exact) mass is 795 g/mol. The highest BCUT2D eigenvalue weighted by Crippen LogP contribution is 2.52. The van der Waals surface area contributed by atoms with Crippen molar-refractivity contribution in [2.75, 3.05) is 0 Å². The van der Waals surface area contributed by atoms with Gasteiger partial charge in [-0.2, -0.15) is 9.97 Å². The van der Waals surface area contributed by atoms with Crippen LogP contribution in [0.4, 0.5) is 0 Å². The zero-order chi connectivity index (χ0) is 40.0. The Morgan fingerprint density at radius 2 is 0.902 bits per heavy atom. The molecule has 4 heterocycles. The summed E-state index contributed by atoms with van der Waals surface area (Å²) in [6.07, 6.45) is 0. The molecule has 5 nitrogen and oxygen atoms in total. The van der Waals surface area contributed by atoms with E-state index >= 15 is 0 Å². The molecule has 3 aromatic heterocycles. The third-order valence-corrected chi connectivity index (χ3v) is 13.3. The van der Waals surface area contributed by atoms with Crippen LogP contribution in [0.5, 0.6) is 0 Å². The molecular weight excluding hydrogens is 763 g/mol. The Labute approximate surface area is 355 Å². The van der Waals surface area contributed by atoms with Gasteiger partial charge in [-0.1, -0.05) is 163 Å². The van der Waals surface area contributed by atoms with Crippen LogP contribution in [0.25, 0.3) is 111 Å². The number of para-hydroxylation sites is 3. The van der Waals surface area contributed by atoms with Gasteiger partial charge in [-0.15, -0.1) is 0 Å². The van der Waals surface area contributed by atoms with E-state index in [-0.39, 0.29) is 0 Å². The average molecular weight is 796 g/mol. The molecule has 61 heavy (non-hydrogen) atoms. The van der Waals surface area contributed by atoms with Crippen LogP contribution in [0.1, 0.15) is 0 Å². The van der Waals surface area contributed by atoms with Gasteiger partial charge in [-0.05, 0) is 76.2 Å². The predicted octanol–water partition coefficient (Wildman–Crippen LogP) is 14.4. The second kappa shape index (κ2) is 13.4. The fourth-order valence-corrected chi connectivity index (χ4v) is 10.7. The summed E-state index contributed by atoms with van der Waals surface area (Å²) in [6.45, 7) is 0. The van der Waals surface area contributed by atoms with Crippen molar-refractivity contribution in [3.63, 3.8) is 0 Å². The first-order valence-corrected chi connectivity index (χ1v) is 21.3. The fourth-order valence-electron chi connectivity index (χ4n) is 9.55. The summed E-state index contributed by atoms with van der Waals surface area (Å²) in [5.74, 6) is 1.85. The second-order valence-corrected chi connectivity index (χ2v) is 16.6. The number of nitrogens with zero attached hydrogens (tertiary/aromatic N) is 5. The molecule has 0 atom stereocenters. The van der Waals surface area contributed by atoms with Gasteiger partial charge in [0.1, 0.15) is 0 Å². The summed E-state index contributed by atoms with van der Waals surface area (Å²) in [5, 5.41) is 7.47. The number of fused-ring (bicyclic) bond motifs is 9. The number of hydrogen-bond donors (Lipinski definition) is 0. The van der Waals surface area contributed by atoms with Gasteiger partial charge in [0, 0.05) is 53.5 Å². The van der Waals surface area contributed by atoms with Crippen molar-refractivity contribution in [2.24, 2.45) is 0 Å². The minimum absolute atomic E-state index is 0.584. The Morgan fingerprint density at radius 1 is 0.328 bits per heavy atom. The molecule has 0 bridgehead atoms. The first kappa shape index (κ1) is 34.1. The summed E-state index contributed by atoms with van der Waals surface area (Å²) in [4.78, 5) is 17.9. The van der Waals surface area contributed by atoms with Gasteiger partial charge in [0.15, 0.2) is 11.6 Å². The van der Waals surface area contributed by atoms with Crippen LogP contribution in [0.3, 0.4) is 0 Å². The van der Waals surface area contributed by atoms with E-state index in [1.54, 1.807) is 0 Å². The van der Waals surface area contributed by atoms with Crippen molar-refractivity contribution in [1.82, 2.24) is 24.1 Å². The molecule has 0 radical (unpaired) electrons. The number of benzene rings is 9. The van der Waals surface area contributed by atoms with Crippen LogP contribution in [-0.2, 0) is 0 Å². The molecule has 1 aliphatic rings. The normalized spacial score (nSPS) is 12.2. The van der Waals surface area contributed by atoms with Crippen LogP contribution < -0.4 is 0 Å². The topological polar surface area (TPSA) is 48.5 Å². The van der Waals surface area contributed by atoms with E-state index in [1.165, 1.54) is 75.7 Å². The van der Waals surface area contributed by atoms with Crippen LogP contribution in [-0.4, -0.2) is 24.1 Å². The fraction of sp³-hybridized carbons (Fsp3) is 0. The number of hydrogen-bond acceptors (Lipinski definition) is 4. The molecule has 0 fully saturated rings. The molecule has 13 rings (SSSR count). The highest BCUT2D eigenvalue weighted by molar-refractivity contribution is 7.99. The van der Waals surface area contributed by atoms with E-state index in [0.717, 1.165) is 27.5 Å². The van der Waals surface area contributed by atoms with Crippen molar-refractivity contribution >= 4 is 66.1 Å². The zero-order valence-electron chi connectivity index (χ0n) is 32.7. The molecular formula is C55H33N5S. The van der Waals surface area contributed by atoms with Crippen molar-refractivity contribution in [3.05, 3.63) is 200 Å². The summed E-state index contributed by atoms with van der Waals surface area (Å²) < 4.78 is 4.63. The highest BCUT2D eigenvalue weighted by atomic mass is 32.2. The largest absolute Gasteiger partial charge is 0.309 e. The summed E-state index contributed by atoms with van der Waals surface area (Å²) >= 11 is 1.87. The standard InChI is InChI=1S/C55H33N5S/c1-4-16-34(17-5-1)53-56-54(35-18-6-2-7-19-35)58-55(57-53)60-45-28-13-11-23-41(45)50-38(24-15-29-46(50)60)36-30-31-48-43(32-36)39-25-14-26-42-51-40-22-10-12-27-44(40)59(37-20-8-3-9-21-37)47(51)33-49(61-48)52(39)42/h1-33H. The van der Waals surface area contributed by atoms with Gasteiger partial charge in [-0.3, -0.25) is 4.57 Å². The quantitative estimate of drug-likeness (QED) is 0.174. The maximum atomic E-state index is 5.17. The van der Waals surface area contributed by atoms with Gasteiger partial charge >= 0.3 is 0 Å². The molecule has 284 valence electrons. The third kappa shape index (κ3) is 5.19. The van der Waals surface area contributed by atoms with E-state index in [9.17, 15) is 0 Å². The maximum Gasteiger partial charge on any atom is 0.238 e. The van der Waals surface area contributed by atoms with Crippen LogP contribution in [0.15, 0.2) is 210 Å². The smallest absolute Gasteiger partial charge is 0.238 e. The molecule has 0 unspecified atom stereocenters. The van der Waals surface area contributed by atoms with Crippen molar-refractivity contribution in [2.45, 2.75) is 9.79 Å². The van der Waals surface area contributed by atoms with Gasteiger partial charge in [0.25, 0.3) is 0 Å².